The van der Waals surface area contributed by atoms with Crippen molar-refractivity contribution in [1.29, 1.82) is 0 Å². The molecule has 1 amide bonds. The molecule has 17 heavy (non-hydrogen) atoms. The summed E-state index contributed by atoms with van der Waals surface area (Å²) in [6.07, 6.45) is 0. The third-order valence-electron chi connectivity index (χ3n) is 2.16. The number of halogens is 2. The highest BCUT2D eigenvalue weighted by Gasteiger charge is 2.07. The molecule has 0 spiro atoms. The molecule has 4 heteroatoms. The summed E-state index contributed by atoms with van der Waals surface area (Å²) in [5.41, 5.74) is 1.28. The Kier molecular flexibility index (Phi) is 3.82. The highest BCUT2D eigenvalue weighted by molar-refractivity contribution is 9.10. The molecule has 0 aliphatic heterocycles. The average molecular weight is 311 g/mol. The van der Waals surface area contributed by atoms with Crippen LogP contribution in [0.4, 0.5) is 5.69 Å². The quantitative estimate of drug-likeness (QED) is 0.877. The van der Waals surface area contributed by atoms with E-state index in [9.17, 15) is 4.79 Å². The molecule has 86 valence electrons. The average Bonchev–Trinajstić information content (AvgIpc) is 2.29. The third kappa shape index (κ3) is 3.32. The van der Waals surface area contributed by atoms with Gasteiger partial charge < -0.3 is 5.32 Å². The van der Waals surface area contributed by atoms with Crippen molar-refractivity contribution in [3.05, 3.63) is 63.6 Å². The van der Waals surface area contributed by atoms with E-state index in [2.05, 4.69) is 21.2 Å². The summed E-state index contributed by atoms with van der Waals surface area (Å²) in [7, 11) is 0. The molecular formula is C13H9BrClNO. The van der Waals surface area contributed by atoms with Crippen molar-refractivity contribution in [2.75, 3.05) is 5.32 Å². The molecule has 0 heterocycles. The summed E-state index contributed by atoms with van der Waals surface area (Å²) in [4.78, 5) is 11.9. The summed E-state index contributed by atoms with van der Waals surface area (Å²) < 4.78 is 0.781. The van der Waals surface area contributed by atoms with Gasteiger partial charge in [0.05, 0.1) is 0 Å². The van der Waals surface area contributed by atoms with Crippen molar-refractivity contribution >= 4 is 39.1 Å². The van der Waals surface area contributed by atoms with E-state index in [-0.39, 0.29) is 5.91 Å². The number of hydrogen-bond donors (Lipinski definition) is 1. The first-order valence-corrected chi connectivity index (χ1v) is 6.15. The minimum absolute atomic E-state index is 0.181. The maximum atomic E-state index is 11.9. The largest absolute Gasteiger partial charge is 0.322 e. The van der Waals surface area contributed by atoms with Gasteiger partial charge >= 0.3 is 0 Å². The molecule has 0 unspecified atom stereocenters. The Bertz CT molecular complexity index is 522. The zero-order valence-electron chi connectivity index (χ0n) is 8.78. The second kappa shape index (κ2) is 5.34. The second-order valence-corrected chi connectivity index (χ2v) is 4.83. The van der Waals surface area contributed by atoms with Crippen molar-refractivity contribution in [2.45, 2.75) is 0 Å². The minimum Gasteiger partial charge on any atom is -0.322 e. The van der Waals surface area contributed by atoms with Crippen molar-refractivity contribution in [1.82, 2.24) is 0 Å². The lowest BCUT2D eigenvalue weighted by atomic mass is 10.2. The number of hydrogen-bond acceptors (Lipinski definition) is 1. The van der Waals surface area contributed by atoms with Gasteiger partial charge in [-0.15, -0.1) is 0 Å². The van der Waals surface area contributed by atoms with E-state index in [1.807, 2.05) is 30.3 Å². The second-order valence-electron chi connectivity index (χ2n) is 3.48. The number of benzene rings is 2. The molecule has 0 atom stereocenters. The van der Waals surface area contributed by atoms with Crippen LogP contribution in [0.15, 0.2) is 53.0 Å². The van der Waals surface area contributed by atoms with E-state index in [4.69, 9.17) is 11.6 Å². The van der Waals surface area contributed by atoms with Crippen molar-refractivity contribution in [2.24, 2.45) is 0 Å². The zero-order chi connectivity index (χ0) is 12.3. The fourth-order valence-electron chi connectivity index (χ4n) is 1.41. The molecule has 0 aromatic heterocycles. The molecule has 2 aromatic carbocycles. The number of carbonyl (C=O) groups is 1. The Labute approximate surface area is 113 Å². The van der Waals surface area contributed by atoms with Crippen LogP contribution in [0.2, 0.25) is 5.02 Å². The summed E-state index contributed by atoms with van der Waals surface area (Å²) in [5, 5.41) is 3.32. The standard InChI is InChI=1S/C13H9BrClNO/c14-10-6-9(7-11(15)8-10)13(17)16-12-4-2-1-3-5-12/h1-8H,(H,16,17). The molecule has 1 N–H and O–H groups in total. The number of nitrogens with one attached hydrogen (secondary N) is 1. The van der Waals surface area contributed by atoms with E-state index in [1.54, 1.807) is 18.2 Å². The van der Waals surface area contributed by atoms with Gasteiger partial charge in [0.2, 0.25) is 0 Å². The lowest BCUT2D eigenvalue weighted by molar-refractivity contribution is 0.102. The molecule has 2 rings (SSSR count). The molecule has 2 aromatic rings. The Morgan fingerprint density at radius 3 is 2.47 bits per heavy atom. The van der Waals surface area contributed by atoms with Gasteiger partial charge in [-0.3, -0.25) is 4.79 Å². The summed E-state index contributed by atoms with van der Waals surface area (Å²) in [6.45, 7) is 0. The Morgan fingerprint density at radius 2 is 1.82 bits per heavy atom. The molecular weight excluding hydrogens is 302 g/mol. The molecule has 0 aliphatic carbocycles. The van der Waals surface area contributed by atoms with Gasteiger partial charge in [0.25, 0.3) is 5.91 Å². The molecule has 0 aliphatic rings. The lowest BCUT2D eigenvalue weighted by Gasteiger charge is -2.05. The van der Waals surface area contributed by atoms with Gasteiger partial charge in [0, 0.05) is 20.7 Å². The third-order valence-corrected chi connectivity index (χ3v) is 2.83. The highest BCUT2D eigenvalue weighted by atomic mass is 79.9. The van der Waals surface area contributed by atoms with Crippen LogP contribution in [0.25, 0.3) is 0 Å². The highest BCUT2D eigenvalue weighted by Crippen LogP contribution is 2.20. The van der Waals surface area contributed by atoms with Crippen molar-refractivity contribution < 1.29 is 4.79 Å². The van der Waals surface area contributed by atoms with E-state index in [1.165, 1.54) is 0 Å². The molecule has 0 saturated carbocycles. The first-order chi connectivity index (χ1) is 8.15. The molecule has 2 nitrogen and oxygen atoms in total. The normalized spacial score (nSPS) is 10.0. The summed E-state index contributed by atoms with van der Waals surface area (Å²) in [6, 6.07) is 14.4. The number of carbonyl (C=O) groups excluding carboxylic acids is 1. The van der Waals surface area contributed by atoms with Gasteiger partial charge in [-0.2, -0.15) is 0 Å². The predicted octanol–water partition coefficient (Wildman–Crippen LogP) is 4.35. The van der Waals surface area contributed by atoms with Crippen molar-refractivity contribution in [3.63, 3.8) is 0 Å². The monoisotopic (exact) mass is 309 g/mol. The van der Waals surface area contributed by atoms with Crippen LogP contribution in [-0.4, -0.2) is 5.91 Å². The van der Waals surface area contributed by atoms with E-state index >= 15 is 0 Å². The maximum absolute atomic E-state index is 11.9. The van der Waals surface area contributed by atoms with Crippen LogP contribution in [0.1, 0.15) is 10.4 Å². The van der Waals surface area contributed by atoms with E-state index in [0.717, 1.165) is 10.2 Å². The van der Waals surface area contributed by atoms with Crippen LogP contribution in [0.3, 0.4) is 0 Å². The molecule has 0 saturated heterocycles. The Hall–Kier alpha value is -1.32. The first-order valence-electron chi connectivity index (χ1n) is 4.97. The summed E-state index contributed by atoms with van der Waals surface area (Å²) >= 11 is 9.19. The fraction of sp³-hybridized carbons (Fsp3) is 0. The minimum atomic E-state index is -0.181. The van der Waals surface area contributed by atoms with Crippen molar-refractivity contribution in [3.8, 4) is 0 Å². The lowest BCUT2D eigenvalue weighted by Crippen LogP contribution is -2.11. The van der Waals surface area contributed by atoms with Gasteiger partial charge in [-0.25, -0.2) is 0 Å². The fourth-order valence-corrected chi connectivity index (χ4v) is 2.27. The van der Waals surface area contributed by atoms with E-state index in [0.29, 0.717) is 10.6 Å². The van der Waals surface area contributed by atoms with Gasteiger partial charge in [-0.1, -0.05) is 45.7 Å². The van der Waals surface area contributed by atoms with Gasteiger partial charge in [0.1, 0.15) is 0 Å². The first kappa shape index (κ1) is 12.1. The van der Waals surface area contributed by atoms with Crippen LogP contribution < -0.4 is 5.32 Å². The SMILES string of the molecule is O=C(Nc1ccccc1)c1cc(Cl)cc(Br)c1. The maximum Gasteiger partial charge on any atom is 0.255 e. The summed E-state index contributed by atoms with van der Waals surface area (Å²) in [5.74, 6) is -0.181. The van der Waals surface area contributed by atoms with Crippen LogP contribution >= 0.6 is 27.5 Å². The number of rotatable bonds is 2. The topological polar surface area (TPSA) is 29.1 Å². The Morgan fingerprint density at radius 1 is 1.12 bits per heavy atom. The number of anilines is 1. The predicted molar refractivity (Wildman–Crippen MR) is 73.5 cm³/mol. The number of amides is 1. The molecule has 0 radical (unpaired) electrons. The number of para-hydroxylation sites is 1. The van der Waals surface area contributed by atoms with Gasteiger partial charge in [0.15, 0.2) is 0 Å². The van der Waals surface area contributed by atoms with E-state index < -0.39 is 0 Å². The van der Waals surface area contributed by atoms with Gasteiger partial charge in [-0.05, 0) is 30.3 Å². The molecule has 0 bridgehead atoms. The smallest absolute Gasteiger partial charge is 0.255 e. The van der Waals surface area contributed by atoms with Crippen LogP contribution in [-0.2, 0) is 0 Å². The van der Waals surface area contributed by atoms with Crippen LogP contribution in [0.5, 0.6) is 0 Å². The van der Waals surface area contributed by atoms with Crippen LogP contribution in [0, 0.1) is 0 Å². The Balaban J connectivity index is 2.20. The zero-order valence-corrected chi connectivity index (χ0v) is 11.1. The molecule has 0 fully saturated rings.